The van der Waals surface area contributed by atoms with Crippen molar-refractivity contribution in [2.24, 2.45) is 7.05 Å². The van der Waals surface area contributed by atoms with Crippen LogP contribution in [0.5, 0.6) is 0 Å². The zero-order valence-corrected chi connectivity index (χ0v) is 14.0. The molecule has 1 saturated heterocycles. The molecule has 0 spiro atoms. The summed E-state index contributed by atoms with van der Waals surface area (Å²) in [5.74, 6) is 1.73. The normalized spacial score (nSPS) is 18.3. The van der Waals surface area contributed by atoms with Crippen LogP contribution in [0.25, 0.3) is 11.4 Å². The number of aryl methyl sites for hydroxylation is 2. The summed E-state index contributed by atoms with van der Waals surface area (Å²) in [5, 5.41) is 8.56. The molecule has 1 aromatic carbocycles. The molecule has 124 valence electrons. The minimum Gasteiger partial charge on any atom is -0.339 e. The Bertz CT molecular complexity index is 823. The molecule has 0 radical (unpaired) electrons. The SMILES string of the molecule is Cc1nn(C)cc1CN1CCC(c2nc(-c3ccccc3)no2)C1. The molecule has 6 heteroatoms. The summed E-state index contributed by atoms with van der Waals surface area (Å²) in [6.45, 7) is 4.98. The lowest BCUT2D eigenvalue weighted by Crippen LogP contribution is -2.20. The van der Waals surface area contributed by atoms with Crippen molar-refractivity contribution in [3.05, 3.63) is 53.7 Å². The van der Waals surface area contributed by atoms with Crippen molar-refractivity contribution < 1.29 is 4.52 Å². The van der Waals surface area contributed by atoms with Gasteiger partial charge in [0, 0.05) is 37.5 Å². The number of nitrogens with zero attached hydrogens (tertiary/aromatic N) is 5. The molecule has 1 aliphatic heterocycles. The molecule has 0 bridgehead atoms. The quantitative estimate of drug-likeness (QED) is 0.739. The standard InChI is InChI=1S/C18H21N5O/c1-13-16(10-22(2)20-13)12-23-9-8-15(11-23)18-19-17(21-24-18)14-6-4-3-5-7-14/h3-7,10,15H,8-9,11-12H2,1-2H3. The van der Waals surface area contributed by atoms with Gasteiger partial charge in [0.15, 0.2) is 0 Å². The molecule has 0 amide bonds. The van der Waals surface area contributed by atoms with E-state index in [1.165, 1.54) is 5.56 Å². The Morgan fingerprint density at radius 3 is 2.83 bits per heavy atom. The van der Waals surface area contributed by atoms with Crippen LogP contribution in [0, 0.1) is 6.92 Å². The summed E-state index contributed by atoms with van der Waals surface area (Å²) >= 11 is 0. The van der Waals surface area contributed by atoms with Gasteiger partial charge >= 0.3 is 0 Å². The van der Waals surface area contributed by atoms with Crippen LogP contribution in [0.4, 0.5) is 0 Å². The van der Waals surface area contributed by atoms with Crippen LogP contribution in [0.3, 0.4) is 0 Å². The molecule has 4 rings (SSSR count). The highest BCUT2D eigenvalue weighted by Crippen LogP contribution is 2.28. The maximum Gasteiger partial charge on any atom is 0.231 e. The number of benzene rings is 1. The van der Waals surface area contributed by atoms with E-state index in [0.717, 1.165) is 43.2 Å². The van der Waals surface area contributed by atoms with Crippen LogP contribution in [-0.2, 0) is 13.6 Å². The van der Waals surface area contributed by atoms with Crippen LogP contribution < -0.4 is 0 Å². The van der Waals surface area contributed by atoms with E-state index >= 15 is 0 Å². The molecule has 6 nitrogen and oxygen atoms in total. The second-order valence-corrected chi connectivity index (χ2v) is 6.46. The second kappa shape index (κ2) is 6.20. The summed E-state index contributed by atoms with van der Waals surface area (Å²) in [4.78, 5) is 7.04. The van der Waals surface area contributed by atoms with Gasteiger partial charge in [0.25, 0.3) is 0 Å². The molecule has 1 unspecified atom stereocenters. The van der Waals surface area contributed by atoms with E-state index in [9.17, 15) is 0 Å². The molecule has 1 fully saturated rings. The molecule has 1 atom stereocenters. The third-order valence-corrected chi connectivity index (χ3v) is 4.60. The number of aromatic nitrogens is 4. The van der Waals surface area contributed by atoms with Gasteiger partial charge in [-0.05, 0) is 19.9 Å². The van der Waals surface area contributed by atoms with E-state index in [1.54, 1.807) is 0 Å². The lowest BCUT2D eigenvalue weighted by Gasteiger charge is -2.14. The van der Waals surface area contributed by atoms with Gasteiger partial charge in [-0.15, -0.1) is 0 Å². The Morgan fingerprint density at radius 1 is 1.25 bits per heavy atom. The first-order valence-corrected chi connectivity index (χ1v) is 8.29. The molecule has 0 saturated carbocycles. The minimum absolute atomic E-state index is 0.312. The van der Waals surface area contributed by atoms with E-state index in [-0.39, 0.29) is 0 Å². The van der Waals surface area contributed by atoms with Gasteiger partial charge in [0.2, 0.25) is 11.7 Å². The van der Waals surface area contributed by atoms with Crippen molar-refractivity contribution in [2.45, 2.75) is 25.8 Å². The molecule has 1 aliphatic rings. The van der Waals surface area contributed by atoms with E-state index in [0.29, 0.717) is 11.7 Å². The molecular formula is C18H21N5O. The van der Waals surface area contributed by atoms with Gasteiger partial charge in [0.1, 0.15) is 0 Å². The predicted octanol–water partition coefficient (Wildman–Crippen LogP) is 2.77. The topological polar surface area (TPSA) is 60.0 Å². The van der Waals surface area contributed by atoms with Gasteiger partial charge in [0.05, 0.1) is 11.6 Å². The fraction of sp³-hybridized carbons (Fsp3) is 0.389. The van der Waals surface area contributed by atoms with Crippen LogP contribution in [0.1, 0.15) is 29.5 Å². The van der Waals surface area contributed by atoms with Gasteiger partial charge in [-0.3, -0.25) is 9.58 Å². The lowest BCUT2D eigenvalue weighted by molar-refractivity contribution is 0.308. The molecule has 2 aromatic heterocycles. The molecular weight excluding hydrogens is 302 g/mol. The first-order valence-electron chi connectivity index (χ1n) is 8.29. The van der Waals surface area contributed by atoms with Crippen LogP contribution >= 0.6 is 0 Å². The minimum atomic E-state index is 0.312. The summed E-state index contributed by atoms with van der Waals surface area (Å²) in [7, 11) is 1.97. The Labute approximate surface area is 141 Å². The third kappa shape index (κ3) is 2.97. The Balaban J connectivity index is 1.44. The fourth-order valence-electron chi connectivity index (χ4n) is 3.33. The highest BCUT2D eigenvalue weighted by molar-refractivity contribution is 5.53. The van der Waals surface area contributed by atoms with Gasteiger partial charge in [-0.2, -0.15) is 10.1 Å². The molecule has 0 aliphatic carbocycles. The van der Waals surface area contributed by atoms with Crippen molar-refractivity contribution in [2.75, 3.05) is 13.1 Å². The smallest absolute Gasteiger partial charge is 0.231 e. The van der Waals surface area contributed by atoms with Crippen molar-refractivity contribution in [1.29, 1.82) is 0 Å². The number of hydrogen-bond donors (Lipinski definition) is 0. The van der Waals surface area contributed by atoms with Crippen LogP contribution in [-0.4, -0.2) is 37.9 Å². The zero-order chi connectivity index (χ0) is 16.5. The second-order valence-electron chi connectivity index (χ2n) is 6.46. The molecule has 0 N–H and O–H groups in total. The number of rotatable bonds is 4. The molecule has 3 aromatic rings. The summed E-state index contributed by atoms with van der Waals surface area (Å²) < 4.78 is 7.40. The average molecular weight is 323 g/mol. The van der Waals surface area contributed by atoms with Crippen molar-refractivity contribution >= 4 is 0 Å². The Morgan fingerprint density at radius 2 is 2.08 bits per heavy atom. The Kier molecular flexibility index (Phi) is 3.90. The summed E-state index contributed by atoms with van der Waals surface area (Å²) in [6.07, 6.45) is 3.15. The first kappa shape index (κ1) is 15.1. The van der Waals surface area contributed by atoms with Crippen molar-refractivity contribution in [1.82, 2.24) is 24.8 Å². The van der Waals surface area contributed by atoms with Gasteiger partial charge in [-0.25, -0.2) is 0 Å². The van der Waals surface area contributed by atoms with E-state index < -0.39 is 0 Å². The molecule has 24 heavy (non-hydrogen) atoms. The maximum absolute atomic E-state index is 5.53. The summed E-state index contributed by atoms with van der Waals surface area (Å²) in [5.41, 5.74) is 3.38. The van der Waals surface area contributed by atoms with Crippen molar-refractivity contribution in [3.8, 4) is 11.4 Å². The molecule has 3 heterocycles. The van der Waals surface area contributed by atoms with Crippen LogP contribution in [0.2, 0.25) is 0 Å². The number of hydrogen-bond acceptors (Lipinski definition) is 5. The van der Waals surface area contributed by atoms with E-state index in [1.807, 2.05) is 42.1 Å². The van der Waals surface area contributed by atoms with Crippen LogP contribution in [0.15, 0.2) is 41.1 Å². The average Bonchev–Trinajstić information content (AvgIpc) is 3.29. The third-order valence-electron chi connectivity index (χ3n) is 4.60. The monoisotopic (exact) mass is 323 g/mol. The first-order chi connectivity index (χ1) is 11.7. The van der Waals surface area contributed by atoms with E-state index in [4.69, 9.17) is 4.52 Å². The predicted molar refractivity (Wildman–Crippen MR) is 90.3 cm³/mol. The van der Waals surface area contributed by atoms with E-state index in [2.05, 4.69) is 33.3 Å². The number of likely N-dealkylation sites (tertiary alicyclic amines) is 1. The highest BCUT2D eigenvalue weighted by Gasteiger charge is 2.29. The van der Waals surface area contributed by atoms with Crippen molar-refractivity contribution in [3.63, 3.8) is 0 Å². The van der Waals surface area contributed by atoms with Gasteiger partial charge in [-0.1, -0.05) is 35.5 Å². The van der Waals surface area contributed by atoms with Gasteiger partial charge < -0.3 is 4.52 Å². The summed E-state index contributed by atoms with van der Waals surface area (Å²) in [6, 6.07) is 9.96. The highest BCUT2D eigenvalue weighted by atomic mass is 16.5. The zero-order valence-electron chi connectivity index (χ0n) is 14.0. The lowest BCUT2D eigenvalue weighted by atomic mass is 10.1. The maximum atomic E-state index is 5.53. The largest absolute Gasteiger partial charge is 0.339 e. The Hall–Kier alpha value is -2.47. The fourth-order valence-corrected chi connectivity index (χ4v) is 3.33.